The van der Waals surface area contributed by atoms with Gasteiger partial charge in [-0.1, -0.05) is 36.4 Å². The van der Waals surface area contributed by atoms with Gasteiger partial charge >= 0.3 is 0 Å². The van der Waals surface area contributed by atoms with E-state index >= 15 is 0 Å². The first-order chi connectivity index (χ1) is 8.34. The van der Waals surface area contributed by atoms with Crippen LogP contribution in [0.3, 0.4) is 0 Å². The average molecular weight is 224 g/mol. The van der Waals surface area contributed by atoms with Crippen molar-refractivity contribution in [3.63, 3.8) is 0 Å². The predicted molar refractivity (Wildman–Crippen MR) is 66.9 cm³/mol. The van der Waals surface area contributed by atoms with E-state index in [9.17, 15) is 4.79 Å². The van der Waals surface area contributed by atoms with Crippen molar-refractivity contribution in [2.45, 2.75) is 6.42 Å². The molecule has 0 fully saturated rings. The molecule has 0 amide bonds. The van der Waals surface area contributed by atoms with Crippen LogP contribution in [0.4, 0.5) is 0 Å². The second kappa shape index (κ2) is 4.06. The highest BCUT2D eigenvalue weighted by atomic mass is 16.5. The summed E-state index contributed by atoms with van der Waals surface area (Å²) >= 11 is 0. The number of Topliss-reactive ketones (excluding diaryl/α,β-unsaturated/α-hetero) is 1. The fraction of sp³-hybridized carbons (Fsp3) is 0.133. The molecule has 0 radical (unpaired) electrons. The summed E-state index contributed by atoms with van der Waals surface area (Å²) in [4.78, 5) is 12.1. The molecule has 0 N–H and O–H groups in total. The SMILES string of the molecule is O=C(C1=CCCO1)c1ccc2ccccc2c1. The van der Waals surface area contributed by atoms with E-state index in [0.717, 1.165) is 17.2 Å². The topological polar surface area (TPSA) is 26.3 Å². The summed E-state index contributed by atoms with van der Waals surface area (Å²) in [6.07, 6.45) is 2.69. The quantitative estimate of drug-likeness (QED) is 0.731. The molecule has 84 valence electrons. The molecular weight excluding hydrogens is 212 g/mol. The van der Waals surface area contributed by atoms with Crippen molar-refractivity contribution in [2.24, 2.45) is 0 Å². The van der Waals surface area contributed by atoms with Gasteiger partial charge in [-0.25, -0.2) is 0 Å². The summed E-state index contributed by atoms with van der Waals surface area (Å²) in [5.41, 5.74) is 0.692. The van der Waals surface area contributed by atoms with Crippen LogP contribution in [0.5, 0.6) is 0 Å². The Balaban J connectivity index is 2.03. The molecule has 0 bridgehead atoms. The molecule has 0 saturated carbocycles. The number of ketones is 1. The van der Waals surface area contributed by atoms with Gasteiger partial charge < -0.3 is 4.74 Å². The van der Waals surface area contributed by atoms with E-state index in [1.54, 1.807) is 0 Å². The van der Waals surface area contributed by atoms with Crippen LogP contribution in [0.2, 0.25) is 0 Å². The molecule has 1 heterocycles. The Kier molecular flexibility index (Phi) is 2.41. The third-order valence-electron chi connectivity index (χ3n) is 2.94. The maximum Gasteiger partial charge on any atom is 0.227 e. The van der Waals surface area contributed by atoms with Crippen LogP contribution in [0.15, 0.2) is 54.3 Å². The number of fused-ring (bicyclic) bond motifs is 1. The van der Waals surface area contributed by atoms with Crippen molar-refractivity contribution in [3.05, 3.63) is 59.9 Å². The summed E-state index contributed by atoms with van der Waals surface area (Å²) in [6, 6.07) is 13.8. The van der Waals surface area contributed by atoms with Crippen molar-refractivity contribution < 1.29 is 9.53 Å². The maximum atomic E-state index is 12.1. The van der Waals surface area contributed by atoms with Gasteiger partial charge in [0.25, 0.3) is 0 Å². The molecule has 0 saturated heterocycles. The zero-order valence-corrected chi connectivity index (χ0v) is 9.35. The van der Waals surface area contributed by atoms with Gasteiger partial charge in [-0.2, -0.15) is 0 Å². The van der Waals surface area contributed by atoms with Crippen molar-refractivity contribution in [2.75, 3.05) is 6.61 Å². The molecule has 1 aliphatic heterocycles. The minimum absolute atomic E-state index is 0.0201. The number of hydrogen-bond donors (Lipinski definition) is 0. The van der Waals surface area contributed by atoms with Gasteiger partial charge in [0.2, 0.25) is 5.78 Å². The summed E-state index contributed by atoms with van der Waals surface area (Å²) in [7, 11) is 0. The minimum Gasteiger partial charge on any atom is -0.489 e. The van der Waals surface area contributed by atoms with Crippen molar-refractivity contribution in [1.29, 1.82) is 0 Å². The lowest BCUT2D eigenvalue weighted by Gasteiger charge is -2.04. The Labute approximate surface area is 99.5 Å². The smallest absolute Gasteiger partial charge is 0.227 e. The standard InChI is InChI=1S/C15H12O2/c16-15(14-6-3-9-17-14)13-8-7-11-4-1-2-5-12(11)10-13/h1-2,4-8,10H,3,9H2. The molecule has 0 atom stereocenters. The number of rotatable bonds is 2. The van der Waals surface area contributed by atoms with E-state index in [0.29, 0.717) is 17.9 Å². The Morgan fingerprint density at radius 2 is 1.88 bits per heavy atom. The summed E-state index contributed by atoms with van der Waals surface area (Å²) in [5.74, 6) is 0.466. The van der Waals surface area contributed by atoms with E-state index in [4.69, 9.17) is 4.74 Å². The van der Waals surface area contributed by atoms with Crippen LogP contribution in [0, 0.1) is 0 Å². The second-order valence-electron chi connectivity index (χ2n) is 4.10. The normalized spacial score (nSPS) is 14.5. The fourth-order valence-corrected chi connectivity index (χ4v) is 2.05. The molecule has 1 aliphatic rings. The molecule has 2 aromatic rings. The van der Waals surface area contributed by atoms with Crippen LogP contribution in [-0.4, -0.2) is 12.4 Å². The first kappa shape index (κ1) is 10.1. The Bertz CT molecular complexity index is 611. The van der Waals surface area contributed by atoms with E-state index in [2.05, 4.69) is 0 Å². The van der Waals surface area contributed by atoms with Crippen LogP contribution >= 0.6 is 0 Å². The largest absolute Gasteiger partial charge is 0.489 e. The first-order valence-electron chi connectivity index (χ1n) is 5.71. The summed E-state index contributed by atoms with van der Waals surface area (Å²) in [5, 5.41) is 2.22. The number of benzene rings is 2. The Morgan fingerprint density at radius 3 is 2.65 bits per heavy atom. The van der Waals surface area contributed by atoms with Gasteiger partial charge in [0.1, 0.15) is 0 Å². The third-order valence-corrected chi connectivity index (χ3v) is 2.94. The number of carbonyl (C=O) groups excluding carboxylic acids is 1. The highest BCUT2D eigenvalue weighted by molar-refractivity contribution is 6.09. The van der Waals surface area contributed by atoms with Gasteiger partial charge in [-0.15, -0.1) is 0 Å². The number of hydrogen-bond acceptors (Lipinski definition) is 2. The van der Waals surface area contributed by atoms with Gasteiger partial charge in [-0.05, 0) is 22.9 Å². The third kappa shape index (κ3) is 1.82. The van der Waals surface area contributed by atoms with E-state index in [1.165, 1.54) is 0 Å². The Hall–Kier alpha value is -2.09. The Morgan fingerprint density at radius 1 is 1.06 bits per heavy atom. The molecule has 2 heteroatoms. The average Bonchev–Trinajstić information content (AvgIpc) is 2.91. The van der Waals surface area contributed by atoms with E-state index in [-0.39, 0.29) is 5.78 Å². The van der Waals surface area contributed by atoms with Crippen LogP contribution in [-0.2, 0) is 4.74 Å². The molecule has 0 unspecified atom stereocenters. The minimum atomic E-state index is -0.0201. The maximum absolute atomic E-state index is 12.1. The first-order valence-corrected chi connectivity index (χ1v) is 5.71. The van der Waals surface area contributed by atoms with Crippen LogP contribution in [0.1, 0.15) is 16.8 Å². The zero-order chi connectivity index (χ0) is 11.7. The molecule has 0 spiro atoms. The van der Waals surface area contributed by atoms with Gasteiger partial charge in [0.05, 0.1) is 6.61 Å². The van der Waals surface area contributed by atoms with Crippen molar-refractivity contribution in [3.8, 4) is 0 Å². The van der Waals surface area contributed by atoms with Gasteiger partial charge in [0, 0.05) is 12.0 Å². The van der Waals surface area contributed by atoms with Gasteiger partial charge in [-0.3, -0.25) is 4.79 Å². The molecule has 2 nitrogen and oxygen atoms in total. The molecular formula is C15H12O2. The zero-order valence-electron chi connectivity index (χ0n) is 9.35. The molecule has 0 aromatic heterocycles. The highest BCUT2D eigenvalue weighted by Gasteiger charge is 2.16. The molecule has 3 rings (SSSR count). The summed E-state index contributed by atoms with van der Waals surface area (Å²) < 4.78 is 5.29. The monoisotopic (exact) mass is 224 g/mol. The lowest BCUT2D eigenvalue weighted by Crippen LogP contribution is -2.03. The van der Waals surface area contributed by atoms with Crippen molar-refractivity contribution in [1.82, 2.24) is 0 Å². The molecule has 17 heavy (non-hydrogen) atoms. The van der Waals surface area contributed by atoms with Gasteiger partial charge in [0.15, 0.2) is 5.76 Å². The molecule has 2 aromatic carbocycles. The number of ether oxygens (including phenoxy) is 1. The van der Waals surface area contributed by atoms with Crippen LogP contribution in [0.25, 0.3) is 10.8 Å². The van der Waals surface area contributed by atoms with Crippen LogP contribution < -0.4 is 0 Å². The molecule has 0 aliphatic carbocycles. The number of allylic oxidation sites excluding steroid dienone is 1. The number of carbonyl (C=O) groups is 1. The fourth-order valence-electron chi connectivity index (χ4n) is 2.05. The van der Waals surface area contributed by atoms with E-state index in [1.807, 2.05) is 48.5 Å². The predicted octanol–water partition coefficient (Wildman–Crippen LogP) is 3.33. The van der Waals surface area contributed by atoms with Crippen molar-refractivity contribution >= 4 is 16.6 Å². The van der Waals surface area contributed by atoms with E-state index < -0.39 is 0 Å². The lowest BCUT2D eigenvalue weighted by molar-refractivity contribution is 0.0942. The highest BCUT2D eigenvalue weighted by Crippen LogP contribution is 2.20. The lowest BCUT2D eigenvalue weighted by atomic mass is 10.0. The second-order valence-corrected chi connectivity index (χ2v) is 4.10. The summed E-state index contributed by atoms with van der Waals surface area (Å²) in [6.45, 7) is 0.620.